The van der Waals surface area contributed by atoms with Gasteiger partial charge in [-0.25, -0.2) is 0 Å². The predicted molar refractivity (Wildman–Crippen MR) is 97.3 cm³/mol. The fourth-order valence-electron chi connectivity index (χ4n) is 3.12. The summed E-state index contributed by atoms with van der Waals surface area (Å²) in [6, 6.07) is 6.10. The lowest BCUT2D eigenvalue weighted by Crippen LogP contribution is -2.02. The molecule has 126 valence electrons. The minimum atomic E-state index is 0.728. The molecule has 0 N–H and O–H groups in total. The van der Waals surface area contributed by atoms with Crippen molar-refractivity contribution >= 4 is 0 Å². The number of ether oxygens (including phenoxy) is 2. The number of unbranched alkanes of at least 4 members (excludes halogenated alkanes) is 1. The third kappa shape index (κ3) is 6.13. The molecular weight excluding hydrogens is 284 g/mol. The van der Waals surface area contributed by atoms with E-state index in [0.29, 0.717) is 0 Å². The lowest BCUT2D eigenvalue weighted by Gasteiger charge is -2.17. The predicted octanol–water partition coefficient (Wildman–Crippen LogP) is 5.72. The van der Waals surface area contributed by atoms with E-state index in [0.717, 1.165) is 43.3 Å². The quantitative estimate of drug-likeness (QED) is 0.429. The summed E-state index contributed by atoms with van der Waals surface area (Å²) in [6.07, 6.45) is 16.6. The monoisotopic (exact) mass is 314 g/mol. The van der Waals surface area contributed by atoms with Gasteiger partial charge in [0, 0.05) is 0 Å². The average Bonchev–Trinajstić information content (AvgIpc) is 2.60. The Labute approximate surface area is 141 Å². The molecule has 0 saturated heterocycles. The first-order chi connectivity index (χ1) is 11.3. The van der Waals surface area contributed by atoms with E-state index in [-0.39, 0.29) is 0 Å². The Morgan fingerprint density at radius 1 is 1.17 bits per heavy atom. The fourth-order valence-corrected chi connectivity index (χ4v) is 3.12. The Bertz CT molecular complexity index is 499. The molecule has 2 nitrogen and oxygen atoms in total. The van der Waals surface area contributed by atoms with Crippen LogP contribution >= 0.6 is 0 Å². The standard InChI is InChI=1S/C21H30O2/c1-3-10-19-14-15-20(21(17-19)22-2)23-16-9-5-8-13-18-11-6-4-7-12-18/h3,8,13-15,17-18H,1,4-7,9-12,16H2,2H3/b13-8+. The summed E-state index contributed by atoms with van der Waals surface area (Å²) >= 11 is 0. The molecule has 2 heteroatoms. The Morgan fingerprint density at radius 2 is 2.00 bits per heavy atom. The molecule has 0 bridgehead atoms. The third-order valence-corrected chi connectivity index (χ3v) is 4.44. The summed E-state index contributed by atoms with van der Waals surface area (Å²) in [4.78, 5) is 0. The van der Waals surface area contributed by atoms with Gasteiger partial charge in [-0.05, 0) is 55.7 Å². The van der Waals surface area contributed by atoms with Crippen molar-refractivity contribution < 1.29 is 9.47 Å². The highest BCUT2D eigenvalue weighted by atomic mass is 16.5. The van der Waals surface area contributed by atoms with Gasteiger partial charge in [0.15, 0.2) is 11.5 Å². The second-order valence-electron chi connectivity index (χ2n) is 6.29. The minimum Gasteiger partial charge on any atom is -0.493 e. The molecule has 1 fully saturated rings. The Morgan fingerprint density at radius 3 is 2.74 bits per heavy atom. The zero-order valence-corrected chi connectivity index (χ0v) is 14.4. The van der Waals surface area contributed by atoms with E-state index >= 15 is 0 Å². The van der Waals surface area contributed by atoms with Gasteiger partial charge in [0.25, 0.3) is 0 Å². The maximum absolute atomic E-state index is 5.87. The van der Waals surface area contributed by atoms with Crippen molar-refractivity contribution in [3.8, 4) is 11.5 Å². The third-order valence-electron chi connectivity index (χ3n) is 4.44. The molecule has 0 heterocycles. The molecule has 2 rings (SSSR count). The summed E-state index contributed by atoms with van der Waals surface area (Å²) < 4.78 is 11.3. The zero-order chi connectivity index (χ0) is 16.3. The molecule has 0 aromatic heterocycles. The number of benzene rings is 1. The lowest BCUT2D eigenvalue weighted by molar-refractivity contribution is 0.290. The van der Waals surface area contributed by atoms with Crippen molar-refractivity contribution in [2.24, 2.45) is 5.92 Å². The molecule has 0 spiro atoms. The van der Waals surface area contributed by atoms with Gasteiger partial charge in [-0.15, -0.1) is 6.58 Å². The van der Waals surface area contributed by atoms with Gasteiger partial charge in [-0.1, -0.05) is 43.6 Å². The molecule has 0 unspecified atom stereocenters. The van der Waals surface area contributed by atoms with Crippen LogP contribution in [0.3, 0.4) is 0 Å². The largest absolute Gasteiger partial charge is 0.493 e. The molecule has 1 saturated carbocycles. The Balaban J connectivity index is 1.71. The summed E-state index contributed by atoms with van der Waals surface area (Å²) in [5.41, 5.74) is 1.19. The van der Waals surface area contributed by atoms with Crippen LogP contribution in [-0.2, 0) is 6.42 Å². The van der Waals surface area contributed by atoms with Crippen molar-refractivity contribution in [2.45, 2.75) is 51.4 Å². The molecule has 23 heavy (non-hydrogen) atoms. The maximum Gasteiger partial charge on any atom is 0.161 e. The average molecular weight is 314 g/mol. The first-order valence-corrected chi connectivity index (χ1v) is 8.90. The van der Waals surface area contributed by atoms with Crippen LogP contribution in [-0.4, -0.2) is 13.7 Å². The van der Waals surface area contributed by atoms with Crippen molar-refractivity contribution in [1.29, 1.82) is 0 Å². The first kappa shape index (κ1) is 17.7. The SMILES string of the molecule is C=CCc1ccc(OCCC/C=C/C2CCCCC2)c(OC)c1. The van der Waals surface area contributed by atoms with Crippen LogP contribution in [0.5, 0.6) is 11.5 Å². The highest BCUT2D eigenvalue weighted by molar-refractivity contribution is 5.43. The van der Waals surface area contributed by atoms with Crippen molar-refractivity contribution in [1.82, 2.24) is 0 Å². The first-order valence-electron chi connectivity index (χ1n) is 8.90. The fraction of sp³-hybridized carbons (Fsp3) is 0.524. The van der Waals surface area contributed by atoms with Gasteiger partial charge in [0.1, 0.15) is 0 Å². The van der Waals surface area contributed by atoms with Crippen LogP contribution in [0, 0.1) is 5.92 Å². The molecule has 1 aromatic rings. The molecular formula is C21H30O2. The Hall–Kier alpha value is -1.70. The van der Waals surface area contributed by atoms with Gasteiger partial charge in [0.05, 0.1) is 13.7 Å². The number of methoxy groups -OCH3 is 1. The number of rotatable bonds is 9. The molecule has 1 aliphatic rings. The van der Waals surface area contributed by atoms with E-state index in [1.807, 2.05) is 18.2 Å². The van der Waals surface area contributed by atoms with Gasteiger partial charge in [-0.2, -0.15) is 0 Å². The van der Waals surface area contributed by atoms with Crippen LogP contribution in [0.1, 0.15) is 50.5 Å². The van der Waals surface area contributed by atoms with Crippen LogP contribution in [0.15, 0.2) is 43.0 Å². The minimum absolute atomic E-state index is 0.728. The topological polar surface area (TPSA) is 18.5 Å². The van der Waals surface area contributed by atoms with Gasteiger partial charge < -0.3 is 9.47 Å². The molecule has 1 aromatic carbocycles. The van der Waals surface area contributed by atoms with E-state index in [1.165, 1.54) is 37.7 Å². The van der Waals surface area contributed by atoms with Crippen LogP contribution in [0.25, 0.3) is 0 Å². The van der Waals surface area contributed by atoms with Gasteiger partial charge in [-0.3, -0.25) is 0 Å². The van der Waals surface area contributed by atoms with Gasteiger partial charge in [0.2, 0.25) is 0 Å². The maximum atomic E-state index is 5.87. The highest BCUT2D eigenvalue weighted by Gasteiger charge is 2.09. The molecule has 0 amide bonds. The van der Waals surface area contributed by atoms with Crippen molar-refractivity contribution in [2.75, 3.05) is 13.7 Å². The number of hydrogen-bond acceptors (Lipinski definition) is 2. The summed E-state index contributed by atoms with van der Waals surface area (Å²) in [7, 11) is 1.69. The van der Waals surface area contributed by atoms with E-state index in [2.05, 4.69) is 24.8 Å². The number of allylic oxidation sites excluding steroid dienone is 3. The summed E-state index contributed by atoms with van der Waals surface area (Å²) in [5.74, 6) is 2.46. The highest BCUT2D eigenvalue weighted by Crippen LogP contribution is 2.28. The molecule has 0 radical (unpaired) electrons. The van der Waals surface area contributed by atoms with E-state index in [4.69, 9.17) is 9.47 Å². The second kappa shape index (κ2) is 10.1. The number of hydrogen-bond donors (Lipinski definition) is 0. The Kier molecular flexibility index (Phi) is 7.79. The van der Waals surface area contributed by atoms with E-state index in [1.54, 1.807) is 7.11 Å². The lowest BCUT2D eigenvalue weighted by atomic mass is 9.89. The van der Waals surface area contributed by atoms with Crippen LogP contribution in [0.2, 0.25) is 0 Å². The second-order valence-corrected chi connectivity index (χ2v) is 6.29. The van der Waals surface area contributed by atoms with Crippen LogP contribution < -0.4 is 9.47 Å². The smallest absolute Gasteiger partial charge is 0.161 e. The molecule has 0 aliphatic heterocycles. The van der Waals surface area contributed by atoms with Crippen LogP contribution in [0.4, 0.5) is 0 Å². The molecule has 1 aliphatic carbocycles. The van der Waals surface area contributed by atoms with E-state index < -0.39 is 0 Å². The van der Waals surface area contributed by atoms with Crippen molar-refractivity contribution in [3.05, 3.63) is 48.6 Å². The van der Waals surface area contributed by atoms with Crippen molar-refractivity contribution in [3.63, 3.8) is 0 Å². The van der Waals surface area contributed by atoms with E-state index in [9.17, 15) is 0 Å². The van der Waals surface area contributed by atoms with Gasteiger partial charge >= 0.3 is 0 Å². The summed E-state index contributed by atoms with van der Waals surface area (Å²) in [6.45, 7) is 4.50. The zero-order valence-electron chi connectivity index (χ0n) is 14.4. The summed E-state index contributed by atoms with van der Waals surface area (Å²) in [5, 5.41) is 0. The normalized spacial score (nSPS) is 15.7. The molecule has 0 atom stereocenters.